The number of piperidine rings is 1. The number of sulfone groups is 1. The van der Waals surface area contributed by atoms with E-state index in [1.54, 1.807) is 0 Å². The van der Waals surface area contributed by atoms with Crippen LogP contribution >= 0.6 is 0 Å². The lowest BCUT2D eigenvalue weighted by Crippen LogP contribution is -2.42. The van der Waals surface area contributed by atoms with E-state index in [0.29, 0.717) is 6.42 Å². The van der Waals surface area contributed by atoms with E-state index in [1.165, 1.54) is 6.26 Å². The number of aliphatic hydroxyl groups excluding tert-OH is 1. The Balaban J connectivity index is 2.39. The van der Waals surface area contributed by atoms with E-state index >= 15 is 0 Å². The van der Waals surface area contributed by atoms with E-state index in [2.05, 4.69) is 5.32 Å². The maximum Gasteiger partial charge on any atom is 0.147 e. The molecule has 1 atom stereocenters. The molecule has 1 heterocycles. The maximum absolute atomic E-state index is 11.0. The van der Waals surface area contributed by atoms with Crippen molar-refractivity contribution in [1.82, 2.24) is 5.32 Å². The lowest BCUT2D eigenvalue weighted by molar-refractivity contribution is 0.0853. The summed E-state index contributed by atoms with van der Waals surface area (Å²) in [5.41, 5.74) is -0.0804. The van der Waals surface area contributed by atoms with Crippen LogP contribution in [0, 0.1) is 5.41 Å². The van der Waals surface area contributed by atoms with Gasteiger partial charge >= 0.3 is 0 Å². The Morgan fingerprint density at radius 2 is 2.20 bits per heavy atom. The Kier molecular flexibility index (Phi) is 4.55. The highest BCUT2D eigenvalue weighted by molar-refractivity contribution is 7.90. The lowest BCUT2D eigenvalue weighted by atomic mass is 9.78. The zero-order valence-electron chi connectivity index (χ0n) is 9.33. The van der Waals surface area contributed by atoms with Crippen LogP contribution in [0.2, 0.25) is 0 Å². The molecule has 0 aromatic heterocycles. The van der Waals surface area contributed by atoms with Gasteiger partial charge in [0, 0.05) is 30.6 Å². The highest BCUT2D eigenvalue weighted by atomic mass is 32.2. The summed E-state index contributed by atoms with van der Waals surface area (Å²) >= 11 is 0. The standard InChI is InChI=1S/C10H21NO3S/c1-15(13,14)7-3-5-10(9-12)4-2-6-11-8-10/h11-12H,2-9H2,1H3. The Morgan fingerprint density at radius 3 is 2.67 bits per heavy atom. The molecule has 1 unspecified atom stereocenters. The van der Waals surface area contributed by atoms with Crippen LogP contribution in [0.25, 0.3) is 0 Å². The van der Waals surface area contributed by atoms with Gasteiger partial charge in [-0.05, 0) is 32.2 Å². The zero-order chi connectivity index (χ0) is 11.4. The first kappa shape index (κ1) is 12.9. The van der Waals surface area contributed by atoms with Crippen molar-refractivity contribution in [1.29, 1.82) is 0 Å². The molecule has 90 valence electrons. The smallest absolute Gasteiger partial charge is 0.147 e. The quantitative estimate of drug-likeness (QED) is 0.713. The number of hydrogen-bond donors (Lipinski definition) is 2. The molecule has 0 aliphatic carbocycles. The van der Waals surface area contributed by atoms with Gasteiger partial charge in [0.15, 0.2) is 0 Å². The molecule has 15 heavy (non-hydrogen) atoms. The van der Waals surface area contributed by atoms with Crippen LogP contribution in [0.3, 0.4) is 0 Å². The van der Waals surface area contributed by atoms with E-state index in [1.807, 2.05) is 0 Å². The van der Waals surface area contributed by atoms with Gasteiger partial charge in [0.2, 0.25) is 0 Å². The van der Waals surface area contributed by atoms with Crippen molar-refractivity contribution in [2.45, 2.75) is 25.7 Å². The highest BCUT2D eigenvalue weighted by Crippen LogP contribution is 2.30. The molecule has 0 aromatic carbocycles. The van der Waals surface area contributed by atoms with Gasteiger partial charge in [-0.2, -0.15) is 0 Å². The molecule has 1 aliphatic heterocycles. The number of nitrogens with one attached hydrogen (secondary N) is 1. The molecule has 1 rings (SSSR count). The first-order valence-corrected chi connectivity index (χ1v) is 7.53. The van der Waals surface area contributed by atoms with E-state index in [-0.39, 0.29) is 17.8 Å². The molecule has 1 saturated heterocycles. The number of aliphatic hydroxyl groups is 1. The van der Waals surface area contributed by atoms with E-state index in [4.69, 9.17) is 0 Å². The summed E-state index contributed by atoms with van der Waals surface area (Å²) in [5, 5.41) is 12.6. The Bertz CT molecular complexity index is 281. The third-order valence-electron chi connectivity index (χ3n) is 3.12. The topological polar surface area (TPSA) is 66.4 Å². The first-order chi connectivity index (χ1) is 6.97. The third-order valence-corrected chi connectivity index (χ3v) is 4.15. The van der Waals surface area contributed by atoms with Gasteiger partial charge in [-0.15, -0.1) is 0 Å². The van der Waals surface area contributed by atoms with Crippen molar-refractivity contribution in [3.8, 4) is 0 Å². The average molecular weight is 235 g/mol. The van der Waals surface area contributed by atoms with Gasteiger partial charge in [-0.25, -0.2) is 8.42 Å². The van der Waals surface area contributed by atoms with Crippen LogP contribution in [0.4, 0.5) is 0 Å². The van der Waals surface area contributed by atoms with E-state index in [9.17, 15) is 13.5 Å². The van der Waals surface area contributed by atoms with Gasteiger partial charge in [-0.1, -0.05) is 0 Å². The predicted molar refractivity (Wildman–Crippen MR) is 60.6 cm³/mol. The molecule has 4 nitrogen and oxygen atoms in total. The molecule has 0 spiro atoms. The van der Waals surface area contributed by atoms with E-state index < -0.39 is 9.84 Å². The number of rotatable bonds is 5. The van der Waals surface area contributed by atoms with Gasteiger partial charge in [0.25, 0.3) is 0 Å². The molecule has 5 heteroatoms. The molecular formula is C10H21NO3S. The second-order valence-electron chi connectivity index (χ2n) is 4.67. The summed E-state index contributed by atoms with van der Waals surface area (Å²) in [5.74, 6) is 0.231. The summed E-state index contributed by atoms with van der Waals surface area (Å²) < 4.78 is 22.0. The van der Waals surface area contributed by atoms with Crippen molar-refractivity contribution >= 4 is 9.84 Å². The molecule has 0 radical (unpaired) electrons. The van der Waals surface area contributed by atoms with Crippen molar-refractivity contribution in [2.75, 3.05) is 31.7 Å². The highest BCUT2D eigenvalue weighted by Gasteiger charge is 2.30. The van der Waals surface area contributed by atoms with Crippen molar-refractivity contribution in [3.63, 3.8) is 0 Å². The Labute approximate surface area is 92.0 Å². The molecule has 1 aliphatic rings. The lowest BCUT2D eigenvalue weighted by Gasteiger charge is -2.36. The molecule has 0 amide bonds. The molecule has 0 saturated carbocycles. The molecule has 2 N–H and O–H groups in total. The van der Waals surface area contributed by atoms with Crippen LogP contribution in [-0.2, 0) is 9.84 Å². The third kappa shape index (κ3) is 4.49. The van der Waals surface area contributed by atoms with Crippen LogP contribution in [0.5, 0.6) is 0 Å². The van der Waals surface area contributed by atoms with Crippen molar-refractivity contribution in [2.24, 2.45) is 5.41 Å². The van der Waals surface area contributed by atoms with Crippen LogP contribution in [-0.4, -0.2) is 45.2 Å². The summed E-state index contributed by atoms with van der Waals surface area (Å²) in [6.45, 7) is 1.98. The second-order valence-corrected chi connectivity index (χ2v) is 6.93. The monoisotopic (exact) mass is 235 g/mol. The Morgan fingerprint density at radius 1 is 1.47 bits per heavy atom. The van der Waals surface area contributed by atoms with E-state index in [0.717, 1.165) is 32.4 Å². The molecule has 1 fully saturated rings. The van der Waals surface area contributed by atoms with Gasteiger partial charge in [0.1, 0.15) is 9.84 Å². The average Bonchev–Trinajstić information content (AvgIpc) is 2.17. The minimum Gasteiger partial charge on any atom is -0.396 e. The fourth-order valence-electron chi connectivity index (χ4n) is 2.17. The van der Waals surface area contributed by atoms with Gasteiger partial charge in [-0.3, -0.25) is 0 Å². The van der Waals surface area contributed by atoms with Gasteiger partial charge < -0.3 is 10.4 Å². The van der Waals surface area contributed by atoms with Crippen LogP contribution in [0.1, 0.15) is 25.7 Å². The fraction of sp³-hybridized carbons (Fsp3) is 1.00. The normalized spacial score (nSPS) is 27.9. The Hall–Kier alpha value is -0.130. The summed E-state index contributed by atoms with van der Waals surface area (Å²) in [6, 6.07) is 0. The van der Waals surface area contributed by atoms with Crippen LogP contribution < -0.4 is 5.32 Å². The minimum atomic E-state index is -2.86. The first-order valence-electron chi connectivity index (χ1n) is 5.47. The molecular weight excluding hydrogens is 214 g/mol. The molecule has 0 aromatic rings. The summed E-state index contributed by atoms with van der Waals surface area (Å²) in [7, 11) is -2.86. The van der Waals surface area contributed by atoms with Crippen LogP contribution in [0.15, 0.2) is 0 Å². The zero-order valence-corrected chi connectivity index (χ0v) is 10.1. The minimum absolute atomic E-state index is 0.0804. The second kappa shape index (κ2) is 5.27. The predicted octanol–water partition coefficient (Wildman–Crippen LogP) is 0.173. The number of hydrogen-bond acceptors (Lipinski definition) is 4. The fourth-order valence-corrected chi connectivity index (χ4v) is 2.84. The van der Waals surface area contributed by atoms with Crippen molar-refractivity contribution < 1.29 is 13.5 Å². The largest absolute Gasteiger partial charge is 0.396 e. The molecule has 0 bridgehead atoms. The summed E-state index contributed by atoms with van der Waals surface area (Å²) in [6.07, 6.45) is 4.78. The van der Waals surface area contributed by atoms with Crippen molar-refractivity contribution in [3.05, 3.63) is 0 Å². The maximum atomic E-state index is 11.0. The summed E-state index contributed by atoms with van der Waals surface area (Å²) in [4.78, 5) is 0. The SMILES string of the molecule is CS(=O)(=O)CCCC1(CO)CCCNC1. The van der Waals surface area contributed by atoms with Gasteiger partial charge in [0.05, 0.1) is 0 Å².